The summed E-state index contributed by atoms with van der Waals surface area (Å²) >= 11 is 0. The molecule has 0 bridgehead atoms. The highest BCUT2D eigenvalue weighted by Crippen LogP contribution is 2.18. The minimum Gasteiger partial charge on any atom is -0.393 e. The molecule has 0 heterocycles. The van der Waals surface area contributed by atoms with Gasteiger partial charge in [-0.25, -0.2) is 0 Å². The number of ether oxygens (including phenoxy) is 1. The number of rotatable bonds is 9. The van der Waals surface area contributed by atoms with Crippen LogP contribution in [0.4, 0.5) is 0 Å². The molecule has 0 fully saturated rings. The number of hydrogen-bond acceptors (Lipinski definition) is 2. The van der Waals surface area contributed by atoms with Crippen LogP contribution in [0.1, 0.15) is 65.7 Å². The quantitative estimate of drug-likeness (QED) is 0.597. The van der Waals surface area contributed by atoms with Crippen molar-refractivity contribution < 1.29 is 9.84 Å². The Morgan fingerprint density at radius 1 is 1.13 bits per heavy atom. The lowest BCUT2D eigenvalue weighted by Gasteiger charge is -2.24. The molecule has 0 radical (unpaired) electrons. The molecule has 0 aliphatic rings. The van der Waals surface area contributed by atoms with Crippen LogP contribution in [0, 0.1) is 0 Å². The molecule has 0 saturated carbocycles. The van der Waals surface area contributed by atoms with Gasteiger partial charge >= 0.3 is 0 Å². The van der Waals surface area contributed by atoms with Crippen LogP contribution in [0.25, 0.3) is 0 Å². The second kappa shape index (κ2) is 8.12. The Balaban J connectivity index is 3.44. The zero-order chi connectivity index (χ0) is 11.7. The van der Waals surface area contributed by atoms with Crippen LogP contribution in [0.2, 0.25) is 0 Å². The molecule has 2 nitrogen and oxygen atoms in total. The average Bonchev–Trinajstić information content (AvgIpc) is 2.22. The van der Waals surface area contributed by atoms with E-state index in [4.69, 9.17) is 4.74 Å². The highest BCUT2D eigenvalue weighted by molar-refractivity contribution is 4.70. The van der Waals surface area contributed by atoms with Crippen LogP contribution >= 0.6 is 0 Å². The lowest BCUT2D eigenvalue weighted by atomic mass is 9.97. The molecule has 0 amide bonds. The molecule has 1 unspecified atom stereocenters. The first kappa shape index (κ1) is 14.9. The Bertz CT molecular complexity index is 143. The minimum absolute atomic E-state index is 0.0929. The van der Waals surface area contributed by atoms with Gasteiger partial charge in [-0.05, 0) is 33.1 Å². The molecule has 15 heavy (non-hydrogen) atoms. The van der Waals surface area contributed by atoms with Crippen LogP contribution in [-0.4, -0.2) is 23.9 Å². The third-order valence-corrected chi connectivity index (χ3v) is 3.02. The van der Waals surface area contributed by atoms with Gasteiger partial charge < -0.3 is 9.84 Å². The fourth-order valence-corrected chi connectivity index (χ4v) is 1.57. The van der Waals surface area contributed by atoms with Crippen molar-refractivity contribution in [2.24, 2.45) is 0 Å². The van der Waals surface area contributed by atoms with Crippen molar-refractivity contribution in [3.63, 3.8) is 0 Å². The molecule has 0 saturated heterocycles. The van der Waals surface area contributed by atoms with E-state index < -0.39 is 0 Å². The largest absolute Gasteiger partial charge is 0.393 e. The Labute approximate surface area is 95.0 Å². The van der Waals surface area contributed by atoms with Crippen molar-refractivity contribution in [2.45, 2.75) is 77.4 Å². The highest BCUT2D eigenvalue weighted by atomic mass is 16.5. The van der Waals surface area contributed by atoms with Crippen LogP contribution in [0.5, 0.6) is 0 Å². The molecular formula is C13H28O2. The second-order valence-corrected chi connectivity index (χ2v) is 5.01. The summed E-state index contributed by atoms with van der Waals surface area (Å²) in [6.45, 7) is 6.34. The van der Waals surface area contributed by atoms with E-state index in [9.17, 15) is 5.11 Å². The van der Waals surface area contributed by atoms with Gasteiger partial charge in [-0.2, -0.15) is 0 Å². The van der Waals surface area contributed by atoms with E-state index in [0.717, 1.165) is 25.7 Å². The average molecular weight is 216 g/mol. The normalized spacial score (nSPS) is 14.2. The van der Waals surface area contributed by atoms with Gasteiger partial charge in [0.2, 0.25) is 0 Å². The van der Waals surface area contributed by atoms with Gasteiger partial charge in [0, 0.05) is 7.11 Å². The Hall–Kier alpha value is -0.0800. The molecule has 0 aromatic carbocycles. The molecule has 0 aliphatic carbocycles. The summed E-state index contributed by atoms with van der Waals surface area (Å²) in [6.07, 6.45) is 7.54. The molecule has 1 N–H and O–H groups in total. The molecule has 92 valence electrons. The summed E-state index contributed by atoms with van der Waals surface area (Å²) < 4.78 is 5.32. The van der Waals surface area contributed by atoms with E-state index in [1.54, 1.807) is 7.11 Å². The van der Waals surface area contributed by atoms with Gasteiger partial charge in [-0.1, -0.05) is 32.6 Å². The van der Waals surface area contributed by atoms with Gasteiger partial charge in [0.05, 0.1) is 11.7 Å². The molecule has 0 aliphatic heterocycles. The molecule has 0 aromatic heterocycles. The summed E-state index contributed by atoms with van der Waals surface area (Å²) in [5.74, 6) is 0. The minimum atomic E-state index is -0.142. The van der Waals surface area contributed by atoms with Crippen molar-refractivity contribution >= 4 is 0 Å². The Kier molecular flexibility index (Phi) is 8.07. The number of aliphatic hydroxyl groups is 1. The third-order valence-electron chi connectivity index (χ3n) is 3.02. The van der Waals surface area contributed by atoms with Crippen LogP contribution < -0.4 is 0 Å². The SMILES string of the molecule is CCCCCCC(O)CCC(C)(C)OC. The number of unbranched alkanes of at least 4 members (excludes halogenated alkanes) is 3. The first-order chi connectivity index (χ1) is 7.02. The smallest absolute Gasteiger partial charge is 0.0623 e. The number of methoxy groups -OCH3 is 1. The summed E-state index contributed by atoms with van der Waals surface area (Å²) in [6, 6.07) is 0. The van der Waals surface area contributed by atoms with Crippen LogP contribution in [0.15, 0.2) is 0 Å². The monoisotopic (exact) mass is 216 g/mol. The molecule has 2 heteroatoms. The highest BCUT2D eigenvalue weighted by Gasteiger charge is 2.17. The van der Waals surface area contributed by atoms with E-state index in [1.807, 2.05) is 0 Å². The van der Waals surface area contributed by atoms with Crippen molar-refractivity contribution in [2.75, 3.05) is 7.11 Å². The van der Waals surface area contributed by atoms with Crippen molar-refractivity contribution in [1.29, 1.82) is 0 Å². The number of aliphatic hydroxyl groups excluding tert-OH is 1. The molecule has 0 aromatic rings. The first-order valence-corrected chi connectivity index (χ1v) is 6.25. The summed E-state index contributed by atoms with van der Waals surface area (Å²) in [4.78, 5) is 0. The number of hydrogen-bond donors (Lipinski definition) is 1. The second-order valence-electron chi connectivity index (χ2n) is 5.01. The lowest BCUT2D eigenvalue weighted by molar-refractivity contribution is 0.00205. The van der Waals surface area contributed by atoms with Crippen LogP contribution in [-0.2, 0) is 4.74 Å². The predicted octanol–water partition coefficient (Wildman–Crippen LogP) is 3.52. The fraction of sp³-hybridized carbons (Fsp3) is 1.00. The Morgan fingerprint density at radius 3 is 2.33 bits per heavy atom. The first-order valence-electron chi connectivity index (χ1n) is 6.25. The molecular weight excluding hydrogens is 188 g/mol. The zero-order valence-electron chi connectivity index (χ0n) is 10.9. The van der Waals surface area contributed by atoms with Crippen molar-refractivity contribution in [1.82, 2.24) is 0 Å². The predicted molar refractivity (Wildman–Crippen MR) is 65.1 cm³/mol. The van der Waals surface area contributed by atoms with E-state index in [-0.39, 0.29) is 11.7 Å². The lowest BCUT2D eigenvalue weighted by Crippen LogP contribution is -2.24. The van der Waals surface area contributed by atoms with Gasteiger partial charge in [-0.15, -0.1) is 0 Å². The van der Waals surface area contributed by atoms with Gasteiger partial charge in [0.1, 0.15) is 0 Å². The molecule has 0 spiro atoms. The van der Waals surface area contributed by atoms with Gasteiger partial charge in [0.15, 0.2) is 0 Å². The molecule has 1 atom stereocenters. The summed E-state index contributed by atoms with van der Waals surface area (Å²) in [5.41, 5.74) is -0.0929. The zero-order valence-corrected chi connectivity index (χ0v) is 10.9. The maximum absolute atomic E-state index is 9.75. The fourth-order valence-electron chi connectivity index (χ4n) is 1.57. The third kappa shape index (κ3) is 8.88. The summed E-state index contributed by atoms with van der Waals surface area (Å²) in [5, 5.41) is 9.75. The van der Waals surface area contributed by atoms with Crippen molar-refractivity contribution in [3.8, 4) is 0 Å². The van der Waals surface area contributed by atoms with E-state index in [0.29, 0.717) is 0 Å². The topological polar surface area (TPSA) is 29.5 Å². The van der Waals surface area contributed by atoms with Crippen LogP contribution in [0.3, 0.4) is 0 Å². The molecule has 0 rings (SSSR count). The van der Waals surface area contributed by atoms with Gasteiger partial charge in [0.25, 0.3) is 0 Å². The summed E-state index contributed by atoms with van der Waals surface area (Å²) in [7, 11) is 1.73. The van der Waals surface area contributed by atoms with Crippen molar-refractivity contribution in [3.05, 3.63) is 0 Å². The van der Waals surface area contributed by atoms with E-state index in [2.05, 4.69) is 20.8 Å². The van der Waals surface area contributed by atoms with E-state index >= 15 is 0 Å². The standard InChI is InChI=1S/C13H28O2/c1-5-6-7-8-9-12(14)10-11-13(2,3)15-4/h12,14H,5-11H2,1-4H3. The van der Waals surface area contributed by atoms with Gasteiger partial charge in [-0.3, -0.25) is 0 Å². The van der Waals surface area contributed by atoms with E-state index in [1.165, 1.54) is 19.3 Å². The maximum Gasteiger partial charge on any atom is 0.0623 e. The Morgan fingerprint density at radius 2 is 1.80 bits per heavy atom. The maximum atomic E-state index is 9.75.